The summed E-state index contributed by atoms with van der Waals surface area (Å²) in [6.45, 7) is 4.18. The van der Waals surface area contributed by atoms with Crippen molar-refractivity contribution in [2.24, 2.45) is 0 Å². The monoisotopic (exact) mass is 492 g/mol. The minimum Gasteiger partial charge on any atom is -0.341 e. The maximum atomic E-state index is 13.7. The molecule has 0 radical (unpaired) electrons. The molecular weight excluding hydrogens is 471 g/mol. The first kappa shape index (κ1) is 21.5. The molecule has 0 atom stereocenters. The fourth-order valence-corrected chi connectivity index (χ4v) is 5.46. The third kappa shape index (κ3) is 4.02. The van der Waals surface area contributed by atoms with Crippen LogP contribution >= 0.6 is 22.9 Å². The molecule has 0 unspecified atom stereocenters. The van der Waals surface area contributed by atoms with E-state index < -0.39 is 0 Å². The number of aromatic nitrogens is 4. The quantitative estimate of drug-likeness (QED) is 0.331. The van der Waals surface area contributed by atoms with E-state index in [1.54, 1.807) is 23.5 Å². The van der Waals surface area contributed by atoms with Crippen LogP contribution in [0.3, 0.4) is 0 Å². The second-order valence-corrected chi connectivity index (χ2v) is 9.86. The van der Waals surface area contributed by atoms with Crippen LogP contribution < -0.4 is 4.90 Å². The van der Waals surface area contributed by atoms with Crippen LogP contribution in [0.25, 0.3) is 27.3 Å². The van der Waals surface area contributed by atoms with Gasteiger partial charge in [-0.15, -0.1) is 21.5 Å². The molecule has 1 aliphatic rings. The van der Waals surface area contributed by atoms with Gasteiger partial charge in [0.2, 0.25) is 5.95 Å². The van der Waals surface area contributed by atoms with Crippen molar-refractivity contribution in [2.75, 3.05) is 31.1 Å². The molecule has 2 aromatic carbocycles. The molecule has 0 bridgehead atoms. The summed E-state index contributed by atoms with van der Waals surface area (Å²) in [5, 5.41) is 12.7. The van der Waals surface area contributed by atoms with Crippen LogP contribution in [0, 0.1) is 5.82 Å². The third-order valence-corrected chi connectivity index (χ3v) is 7.29. The zero-order valence-corrected chi connectivity index (χ0v) is 19.9. The van der Waals surface area contributed by atoms with Gasteiger partial charge in [-0.2, -0.15) is 0 Å². The number of rotatable bonds is 4. The number of halogens is 2. The Labute approximate surface area is 205 Å². The Hall–Kier alpha value is -3.07. The zero-order chi connectivity index (χ0) is 23.1. The summed E-state index contributed by atoms with van der Waals surface area (Å²) >= 11 is 7.94. The van der Waals surface area contributed by atoms with Gasteiger partial charge in [-0.1, -0.05) is 29.8 Å². The van der Waals surface area contributed by atoms with Crippen molar-refractivity contribution in [3.05, 3.63) is 76.4 Å². The molecular formula is C25H22ClFN6S. The highest BCUT2D eigenvalue weighted by atomic mass is 35.5. The van der Waals surface area contributed by atoms with E-state index >= 15 is 0 Å². The largest absolute Gasteiger partial charge is 0.341 e. The zero-order valence-electron chi connectivity index (χ0n) is 18.4. The normalized spacial score (nSPS) is 15.3. The summed E-state index contributed by atoms with van der Waals surface area (Å²) < 4.78 is 15.7. The van der Waals surface area contributed by atoms with E-state index in [1.807, 2.05) is 35.7 Å². The lowest BCUT2D eigenvalue weighted by Crippen LogP contribution is -2.32. The number of benzene rings is 2. The molecule has 0 saturated carbocycles. The van der Waals surface area contributed by atoms with Gasteiger partial charge in [-0.3, -0.25) is 4.90 Å². The van der Waals surface area contributed by atoms with E-state index in [0.717, 1.165) is 77.9 Å². The molecule has 1 saturated heterocycles. The van der Waals surface area contributed by atoms with Gasteiger partial charge in [0.15, 0.2) is 11.5 Å². The molecule has 1 fully saturated rings. The third-order valence-electron chi connectivity index (χ3n) is 6.19. The Morgan fingerprint density at radius 2 is 1.91 bits per heavy atom. The first-order valence-corrected chi connectivity index (χ1v) is 12.5. The summed E-state index contributed by atoms with van der Waals surface area (Å²) in [6.07, 6.45) is 0.975. The molecule has 0 spiro atoms. The highest BCUT2D eigenvalue weighted by Gasteiger charge is 2.23. The van der Waals surface area contributed by atoms with Gasteiger partial charge in [-0.05, 0) is 53.8 Å². The van der Waals surface area contributed by atoms with E-state index in [2.05, 4.69) is 30.5 Å². The lowest BCUT2D eigenvalue weighted by atomic mass is 10.2. The van der Waals surface area contributed by atoms with Gasteiger partial charge in [-0.25, -0.2) is 13.8 Å². The second kappa shape index (κ2) is 8.94. The van der Waals surface area contributed by atoms with E-state index in [0.29, 0.717) is 5.02 Å². The average molecular weight is 493 g/mol. The summed E-state index contributed by atoms with van der Waals surface area (Å²) in [4.78, 5) is 10.8. The van der Waals surface area contributed by atoms with Gasteiger partial charge in [0, 0.05) is 43.1 Å². The number of fused-ring (bicyclic) bond motifs is 3. The predicted molar refractivity (Wildman–Crippen MR) is 135 cm³/mol. The number of hydrogen-bond donors (Lipinski definition) is 0. The van der Waals surface area contributed by atoms with Crippen molar-refractivity contribution >= 4 is 45.4 Å². The maximum absolute atomic E-state index is 13.7. The lowest BCUT2D eigenvalue weighted by molar-refractivity contribution is 0.285. The van der Waals surface area contributed by atoms with Gasteiger partial charge in [0.25, 0.3) is 0 Å². The number of anilines is 1. The summed E-state index contributed by atoms with van der Waals surface area (Å²) in [5.74, 6) is 1.43. The standard InChI is InChI=1S/C25H22ClFN6S/c26-18-7-8-20-21(15-18)28-25(33-23(20)29-30-24(33)22-6-2-13-34-22)32-10-3-9-31(11-12-32)16-17-4-1-5-19(27)14-17/h1-2,4-8,13-15H,3,9-12,16H2. The van der Waals surface area contributed by atoms with Gasteiger partial charge < -0.3 is 4.90 Å². The molecule has 0 N–H and O–H groups in total. The predicted octanol–water partition coefficient (Wildman–Crippen LogP) is 5.51. The van der Waals surface area contributed by atoms with Crippen LogP contribution in [-0.4, -0.2) is 50.7 Å². The smallest absolute Gasteiger partial charge is 0.213 e. The molecule has 34 heavy (non-hydrogen) atoms. The van der Waals surface area contributed by atoms with Crippen molar-refractivity contribution in [3.8, 4) is 10.7 Å². The molecule has 6 nitrogen and oxygen atoms in total. The SMILES string of the molecule is Fc1cccc(CN2CCCN(c3nc4cc(Cl)ccc4c4nnc(-c5cccs5)n34)CC2)c1. The molecule has 4 heterocycles. The van der Waals surface area contributed by atoms with Crippen molar-refractivity contribution in [1.29, 1.82) is 0 Å². The van der Waals surface area contributed by atoms with Crippen LogP contribution in [0.4, 0.5) is 10.3 Å². The second-order valence-electron chi connectivity index (χ2n) is 8.48. The summed E-state index contributed by atoms with van der Waals surface area (Å²) in [7, 11) is 0. The fourth-order valence-electron chi connectivity index (χ4n) is 4.59. The maximum Gasteiger partial charge on any atom is 0.213 e. The Morgan fingerprint density at radius 3 is 2.76 bits per heavy atom. The Balaban J connectivity index is 1.39. The minimum atomic E-state index is -0.191. The van der Waals surface area contributed by atoms with E-state index in [-0.39, 0.29) is 5.82 Å². The van der Waals surface area contributed by atoms with Crippen LogP contribution in [0.1, 0.15) is 12.0 Å². The topological polar surface area (TPSA) is 49.6 Å². The first-order chi connectivity index (χ1) is 16.7. The Bertz CT molecular complexity index is 1470. The van der Waals surface area contributed by atoms with Gasteiger partial charge in [0.1, 0.15) is 5.82 Å². The molecule has 172 valence electrons. The highest BCUT2D eigenvalue weighted by molar-refractivity contribution is 7.13. The molecule has 0 aliphatic carbocycles. The van der Waals surface area contributed by atoms with Crippen LogP contribution in [0.5, 0.6) is 0 Å². The van der Waals surface area contributed by atoms with E-state index in [9.17, 15) is 4.39 Å². The van der Waals surface area contributed by atoms with E-state index in [4.69, 9.17) is 16.6 Å². The molecule has 1 aliphatic heterocycles. The molecule has 0 amide bonds. The van der Waals surface area contributed by atoms with Gasteiger partial charge >= 0.3 is 0 Å². The fraction of sp³-hybridized carbons (Fsp3) is 0.240. The van der Waals surface area contributed by atoms with Crippen LogP contribution in [0.15, 0.2) is 60.0 Å². The Morgan fingerprint density at radius 1 is 0.971 bits per heavy atom. The Kier molecular flexibility index (Phi) is 5.64. The molecule has 5 aromatic rings. The van der Waals surface area contributed by atoms with Crippen molar-refractivity contribution in [1.82, 2.24) is 24.5 Å². The average Bonchev–Trinajstić information content (AvgIpc) is 3.45. The number of nitrogens with zero attached hydrogens (tertiary/aromatic N) is 6. The van der Waals surface area contributed by atoms with Crippen molar-refractivity contribution in [2.45, 2.75) is 13.0 Å². The number of thiophene rings is 1. The van der Waals surface area contributed by atoms with Crippen LogP contribution in [0.2, 0.25) is 5.02 Å². The van der Waals surface area contributed by atoms with Gasteiger partial charge in [0.05, 0.1) is 10.4 Å². The van der Waals surface area contributed by atoms with Crippen LogP contribution in [-0.2, 0) is 6.54 Å². The number of hydrogen-bond acceptors (Lipinski definition) is 6. The molecule has 3 aromatic heterocycles. The lowest BCUT2D eigenvalue weighted by Gasteiger charge is -2.24. The van der Waals surface area contributed by atoms with E-state index in [1.165, 1.54) is 6.07 Å². The van der Waals surface area contributed by atoms with Crippen molar-refractivity contribution < 1.29 is 4.39 Å². The summed E-state index contributed by atoms with van der Waals surface area (Å²) in [6, 6.07) is 16.6. The highest BCUT2D eigenvalue weighted by Crippen LogP contribution is 2.31. The minimum absolute atomic E-state index is 0.191. The van der Waals surface area contributed by atoms with Crippen molar-refractivity contribution in [3.63, 3.8) is 0 Å². The molecule has 6 rings (SSSR count). The first-order valence-electron chi connectivity index (χ1n) is 11.3. The summed E-state index contributed by atoms with van der Waals surface area (Å²) in [5.41, 5.74) is 2.58. The molecule has 9 heteroatoms.